The van der Waals surface area contributed by atoms with Gasteiger partial charge in [-0.2, -0.15) is 8.78 Å². The minimum atomic E-state index is -2.93. The summed E-state index contributed by atoms with van der Waals surface area (Å²) in [6.07, 6.45) is 3.89. The zero-order valence-corrected chi connectivity index (χ0v) is 16.6. The SMILES string of the molecule is CCOc1cc(/C=C/C(=O)c2ccc(Cc3ccccc3)s2)ccc1OC(F)F. The number of thiophene rings is 1. The van der Waals surface area contributed by atoms with Crippen molar-refractivity contribution in [2.24, 2.45) is 0 Å². The summed E-state index contributed by atoms with van der Waals surface area (Å²) in [7, 11) is 0. The Kier molecular flexibility index (Phi) is 7.14. The lowest BCUT2D eigenvalue weighted by Crippen LogP contribution is -2.04. The number of allylic oxidation sites excluding steroid dienone is 1. The van der Waals surface area contributed by atoms with Crippen LogP contribution in [0.1, 0.15) is 32.6 Å². The van der Waals surface area contributed by atoms with Crippen molar-refractivity contribution < 1.29 is 23.0 Å². The van der Waals surface area contributed by atoms with E-state index >= 15 is 0 Å². The van der Waals surface area contributed by atoms with Gasteiger partial charge in [-0.05, 0) is 48.4 Å². The van der Waals surface area contributed by atoms with E-state index in [1.54, 1.807) is 25.1 Å². The zero-order chi connectivity index (χ0) is 20.6. The molecule has 0 aliphatic rings. The summed E-state index contributed by atoms with van der Waals surface area (Å²) in [5.74, 6) is 0.0676. The highest BCUT2D eigenvalue weighted by Gasteiger charge is 2.11. The molecule has 3 aromatic rings. The molecule has 1 aromatic heterocycles. The van der Waals surface area contributed by atoms with E-state index in [1.165, 1.54) is 29.0 Å². The van der Waals surface area contributed by atoms with Crippen LogP contribution in [0.5, 0.6) is 11.5 Å². The third kappa shape index (κ3) is 5.99. The molecule has 0 amide bonds. The van der Waals surface area contributed by atoms with Crippen molar-refractivity contribution in [3.63, 3.8) is 0 Å². The molecule has 0 fully saturated rings. The Balaban J connectivity index is 1.69. The molecule has 3 rings (SSSR count). The number of carbonyl (C=O) groups is 1. The molecule has 0 radical (unpaired) electrons. The van der Waals surface area contributed by atoms with Gasteiger partial charge in [0.15, 0.2) is 17.3 Å². The summed E-state index contributed by atoms with van der Waals surface area (Å²) in [6.45, 7) is -0.867. The Labute approximate surface area is 172 Å². The molecule has 3 nitrogen and oxygen atoms in total. The summed E-state index contributed by atoms with van der Waals surface area (Å²) in [5.41, 5.74) is 1.85. The smallest absolute Gasteiger partial charge is 0.387 e. The Morgan fingerprint density at radius 3 is 2.59 bits per heavy atom. The van der Waals surface area contributed by atoms with E-state index in [4.69, 9.17) is 4.74 Å². The van der Waals surface area contributed by atoms with Gasteiger partial charge in [0.25, 0.3) is 0 Å². The fourth-order valence-electron chi connectivity index (χ4n) is 2.75. The summed E-state index contributed by atoms with van der Waals surface area (Å²) < 4.78 is 34.8. The average Bonchev–Trinajstić information content (AvgIpc) is 3.17. The topological polar surface area (TPSA) is 35.5 Å². The first-order valence-electron chi connectivity index (χ1n) is 9.12. The summed E-state index contributed by atoms with van der Waals surface area (Å²) in [4.78, 5) is 14.2. The summed E-state index contributed by atoms with van der Waals surface area (Å²) in [5, 5.41) is 0. The fourth-order valence-corrected chi connectivity index (χ4v) is 3.71. The molecule has 0 bridgehead atoms. The van der Waals surface area contributed by atoms with E-state index in [0.29, 0.717) is 17.0 Å². The van der Waals surface area contributed by atoms with Crippen LogP contribution in [0.3, 0.4) is 0 Å². The van der Waals surface area contributed by atoms with Gasteiger partial charge < -0.3 is 9.47 Å². The van der Waals surface area contributed by atoms with Gasteiger partial charge in [-0.25, -0.2) is 0 Å². The van der Waals surface area contributed by atoms with Crippen molar-refractivity contribution in [1.29, 1.82) is 0 Å². The maximum Gasteiger partial charge on any atom is 0.387 e. The van der Waals surface area contributed by atoms with Crippen LogP contribution >= 0.6 is 11.3 Å². The van der Waals surface area contributed by atoms with Gasteiger partial charge in [0.1, 0.15) is 0 Å². The normalized spacial score (nSPS) is 11.2. The van der Waals surface area contributed by atoms with Crippen LogP contribution in [-0.2, 0) is 6.42 Å². The zero-order valence-electron chi connectivity index (χ0n) is 15.8. The third-order valence-electron chi connectivity index (χ3n) is 4.04. The predicted molar refractivity (Wildman–Crippen MR) is 111 cm³/mol. The van der Waals surface area contributed by atoms with Crippen LogP contribution in [0, 0.1) is 0 Å². The number of ether oxygens (including phenoxy) is 2. The standard InChI is InChI=1S/C23H20F2O3S/c1-2-27-21-15-17(9-12-20(21)28-23(24)25)8-11-19(26)22-13-10-18(29-22)14-16-6-4-3-5-7-16/h3-13,15,23H,2,14H2,1H3/b11-8+. The van der Waals surface area contributed by atoms with Crippen LogP contribution in [0.4, 0.5) is 8.78 Å². The van der Waals surface area contributed by atoms with Crippen molar-refractivity contribution in [3.8, 4) is 11.5 Å². The van der Waals surface area contributed by atoms with Gasteiger partial charge >= 0.3 is 6.61 Å². The van der Waals surface area contributed by atoms with E-state index in [9.17, 15) is 13.6 Å². The molecule has 6 heteroatoms. The monoisotopic (exact) mass is 414 g/mol. The molecule has 0 saturated heterocycles. The minimum absolute atomic E-state index is 0.0332. The first-order chi connectivity index (χ1) is 14.0. The molecule has 0 N–H and O–H groups in total. The van der Waals surface area contributed by atoms with Gasteiger partial charge in [-0.1, -0.05) is 42.5 Å². The molecule has 1 heterocycles. The third-order valence-corrected chi connectivity index (χ3v) is 5.14. The first kappa shape index (κ1) is 20.7. The van der Waals surface area contributed by atoms with Crippen molar-refractivity contribution in [2.75, 3.05) is 6.61 Å². The number of carbonyl (C=O) groups excluding carboxylic acids is 1. The maximum absolute atomic E-state index is 12.5. The Bertz CT molecular complexity index is 981. The lowest BCUT2D eigenvalue weighted by Gasteiger charge is -2.11. The van der Waals surface area contributed by atoms with Crippen molar-refractivity contribution in [3.05, 3.63) is 87.6 Å². The molecular formula is C23H20F2O3S. The summed E-state index contributed by atoms with van der Waals surface area (Å²) >= 11 is 1.46. The molecule has 0 saturated carbocycles. The second-order valence-electron chi connectivity index (χ2n) is 6.14. The average molecular weight is 414 g/mol. The van der Waals surface area contributed by atoms with E-state index < -0.39 is 6.61 Å². The van der Waals surface area contributed by atoms with Crippen LogP contribution in [0.2, 0.25) is 0 Å². The maximum atomic E-state index is 12.5. The molecule has 0 spiro atoms. The molecule has 0 unspecified atom stereocenters. The number of hydrogen-bond acceptors (Lipinski definition) is 4. The number of hydrogen-bond donors (Lipinski definition) is 0. The van der Waals surface area contributed by atoms with Crippen LogP contribution in [0.15, 0.2) is 66.7 Å². The lowest BCUT2D eigenvalue weighted by molar-refractivity contribution is -0.0514. The molecular weight excluding hydrogens is 394 g/mol. The van der Waals surface area contributed by atoms with Crippen molar-refractivity contribution >= 4 is 23.2 Å². The Hall–Kier alpha value is -2.99. The number of rotatable bonds is 9. The lowest BCUT2D eigenvalue weighted by atomic mass is 10.1. The van der Waals surface area contributed by atoms with Gasteiger partial charge in [0.2, 0.25) is 0 Å². The second-order valence-corrected chi connectivity index (χ2v) is 7.31. The van der Waals surface area contributed by atoms with Crippen LogP contribution in [-0.4, -0.2) is 19.0 Å². The molecule has 2 aromatic carbocycles. The van der Waals surface area contributed by atoms with Gasteiger partial charge in [-0.3, -0.25) is 4.79 Å². The highest BCUT2D eigenvalue weighted by molar-refractivity contribution is 7.14. The fraction of sp³-hybridized carbons (Fsp3) is 0.174. The predicted octanol–water partition coefficient (Wildman–Crippen LogP) is 6.24. The molecule has 0 aliphatic heterocycles. The molecule has 0 aliphatic carbocycles. The minimum Gasteiger partial charge on any atom is -0.490 e. The molecule has 150 valence electrons. The van der Waals surface area contributed by atoms with E-state index in [2.05, 4.69) is 16.9 Å². The van der Waals surface area contributed by atoms with Gasteiger partial charge in [0, 0.05) is 11.3 Å². The van der Waals surface area contributed by atoms with Crippen LogP contribution in [0.25, 0.3) is 6.08 Å². The Morgan fingerprint density at radius 2 is 1.86 bits per heavy atom. The largest absolute Gasteiger partial charge is 0.490 e. The van der Waals surface area contributed by atoms with E-state index in [1.807, 2.05) is 30.3 Å². The highest BCUT2D eigenvalue weighted by Crippen LogP contribution is 2.30. The number of alkyl halides is 2. The van der Waals surface area contributed by atoms with Crippen molar-refractivity contribution in [1.82, 2.24) is 0 Å². The summed E-state index contributed by atoms with van der Waals surface area (Å²) in [6, 6.07) is 18.4. The number of ketones is 1. The molecule has 29 heavy (non-hydrogen) atoms. The Morgan fingerprint density at radius 1 is 1.07 bits per heavy atom. The van der Waals surface area contributed by atoms with Gasteiger partial charge in [0.05, 0.1) is 11.5 Å². The highest BCUT2D eigenvalue weighted by atomic mass is 32.1. The van der Waals surface area contributed by atoms with Gasteiger partial charge in [-0.15, -0.1) is 11.3 Å². The van der Waals surface area contributed by atoms with Crippen molar-refractivity contribution in [2.45, 2.75) is 20.0 Å². The molecule has 0 atom stereocenters. The van der Waals surface area contributed by atoms with E-state index in [0.717, 1.165) is 11.3 Å². The second kappa shape index (κ2) is 9.98. The number of halogens is 2. The number of benzene rings is 2. The quantitative estimate of drug-likeness (QED) is 0.307. The first-order valence-corrected chi connectivity index (χ1v) is 9.93. The van der Waals surface area contributed by atoms with E-state index in [-0.39, 0.29) is 17.3 Å². The van der Waals surface area contributed by atoms with Crippen LogP contribution < -0.4 is 9.47 Å².